The number of nitrogens with one attached hydrogen (secondary N) is 1. The lowest BCUT2D eigenvalue weighted by Gasteiger charge is -2.06. The van der Waals surface area contributed by atoms with Gasteiger partial charge in [0, 0.05) is 12.7 Å². The molecule has 0 aliphatic carbocycles. The number of benzene rings is 2. The lowest BCUT2D eigenvalue weighted by Crippen LogP contribution is -2.23. The summed E-state index contributed by atoms with van der Waals surface area (Å²) in [6.45, 7) is 4.50. The quantitative estimate of drug-likeness (QED) is 0.739. The standard InChI is InChI=1S/C19H21N3O2S/c1-15-8-10-17(11-9-15)12-20-25(23,24)19-14-22(21-16(19)2)13-18-6-4-3-5-7-18/h3-11,14,20H,12-13H2,1-2H3. The number of sulfonamides is 1. The predicted octanol–water partition coefficient (Wildman–Crippen LogP) is 3.03. The maximum Gasteiger partial charge on any atom is 0.244 e. The summed E-state index contributed by atoms with van der Waals surface area (Å²) in [4.78, 5) is 0.218. The minimum atomic E-state index is -3.60. The molecule has 25 heavy (non-hydrogen) atoms. The van der Waals surface area contributed by atoms with E-state index in [-0.39, 0.29) is 11.4 Å². The van der Waals surface area contributed by atoms with Crippen molar-refractivity contribution in [3.8, 4) is 0 Å². The van der Waals surface area contributed by atoms with Crippen LogP contribution in [0.1, 0.15) is 22.4 Å². The van der Waals surface area contributed by atoms with E-state index < -0.39 is 10.0 Å². The van der Waals surface area contributed by atoms with Crippen LogP contribution in [0.4, 0.5) is 0 Å². The largest absolute Gasteiger partial charge is 0.267 e. The maximum absolute atomic E-state index is 12.6. The van der Waals surface area contributed by atoms with Crippen LogP contribution in [0.5, 0.6) is 0 Å². The van der Waals surface area contributed by atoms with Gasteiger partial charge in [-0.25, -0.2) is 13.1 Å². The second-order valence-electron chi connectivity index (χ2n) is 6.07. The highest BCUT2D eigenvalue weighted by atomic mass is 32.2. The average Bonchev–Trinajstić information content (AvgIpc) is 2.96. The molecule has 0 spiro atoms. The Balaban J connectivity index is 1.74. The zero-order valence-electron chi connectivity index (χ0n) is 14.3. The highest BCUT2D eigenvalue weighted by molar-refractivity contribution is 7.89. The minimum Gasteiger partial charge on any atom is -0.267 e. The summed E-state index contributed by atoms with van der Waals surface area (Å²) >= 11 is 0. The SMILES string of the molecule is Cc1ccc(CNS(=O)(=O)c2cn(Cc3ccccc3)nc2C)cc1. The van der Waals surface area contributed by atoms with E-state index in [0.717, 1.165) is 16.7 Å². The monoisotopic (exact) mass is 355 g/mol. The fourth-order valence-corrected chi connectivity index (χ4v) is 3.78. The molecule has 5 nitrogen and oxygen atoms in total. The molecule has 1 aromatic heterocycles. The van der Waals surface area contributed by atoms with Gasteiger partial charge in [-0.2, -0.15) is 5.10 Å². The highest BCUT2D eigenvalue weighted by Gasteiger charge is 2.20. The molecule has 0 fully saturated rings. The van der Waals surface area contributed by atoms with Gasteiger partial charge in [0.15, 0.2) is 0 Å². The molecule has 0 aliphatic heterocycles. The Hall–Kier alpha value is -2.44. The lowest BCUT2D eigenvalue weighted by molar-refractivity contribution is 0.580. The van der Waals surface area contributed by atoms with E-state index in [2.05, 4.69) is 9.82 Å². The molecule has 0 atom stereocenters. The first-order chi connectivity index (χ1) is 11.9. The van der Waals surface area contributed by atoms with Gasteiger partial charge in [-0.15, -0.1) is 0 Å². The molecule has 130 valence electrons. The van der Waals surface area contributed by atoms with Crippen LogP contribution in [0, 0.1) is 13.8 Å². The first-order valence-corrected chi connectivity index (χ1v) is 9.55. The zero-order valence-corrected chi connectivity index (χ0v) is 15.1. The van der Waals surface area contributed by atoms with E-state index in [9.17, 15) is 8.42 Å². The Bertz CT molecular complexity index is 946. The fraction of sp³-hybridized carbons (Fsp3) is 0.211. The van der Waals surface area contributed by atoms with Crippen molar-refractivity contribution in [2.75, 3.05) is 0 Å². The molecule has 3 aromatic rings. The average molecular weight is 355 g/mol. The molecular formula is C19H21N3O2S. The van der Waals surface area contributed by atoms with E-state index in [1.54, 1.807) is 17.8 Å². The molecule has 2 aromatic carbocycles. The normalized spacial score (nSPS) is 11.6. The molecule has 0 saturated carbocycles. The number of nitrogens with zero attached hydrogens (tertiary/aromatic N) is 2. The number of hydrogen-bond acceptors (Lipinski definition) is 3. The third-order valence-corrected chi connectivity index (χ3v) is 5.47. The summed E-state index contributed by atoms with van der Waals surface area (Å²) in [5, 5.41) is 4.34. The van der Waals surface area contributed by atoms with Crippen molar-refractivity contribution in [3.63, 3.8) is 0 Å². The summed E-state index contributed by atoms with van der Waals surface area (Å²) in [5.41, 5.74) is 3.63. The van der Waals surface area contributed by atoms with Gasteiger partial charge in [-0.05, 0) is 25.0 Å². The molecule has 3 rings (SSSR count). The second kappa shape index (κ2) is 7.21. The molecule has 1 heterocycles. The Morgan fingerprint density at radius 2 is 1.64 bits per heavy atom. The molecule has 0 unspecified atom stereocenters. The molecule has 0 radical (unpaired) electrons. The summed E-state index contributed by atoms with van der Waals surface area (Å²) in [7, 11) is -3.60. The summed E-state index contributed by atoms with van der Waals surface area (Å²) in [5.74, 6) is 0. The van der Waals surface area contributed by atoms with Gasteiger partial charge in [0.2, 0.25) is 10.0 Å². The Morgan fingerprint density at radius 1 is 0.960 bits per heavy atom. The summed E-state index contributed by atoms with van der Waals surface area (Å²) < 4.78 is 29.5. The van der Waals surface area contributed by atoms with Gasteiger partial charge in [-0.1, -0.05) is 60.2 Å². The highest BCUT2D eigenvalue weighted by Crippen LogP contribution is 2.15. The third-order valence-electron chi connectivity index (χ3n) is 3.97. The van der Waals surface area contributed by atoms with Crippen LogP contribution in [0.15, 0.2) is 65.7 Å². The first kappa shape index (κ1) is 17.4. The molecular weight excluding hydrogens is 334 g/mol. The molecule has 0 amide bonds. The zero-order chi connectivity index (χ0) is 17.9. The summed E-state index contributed by atoms with van der Waals surface area (Å²) in [6.07, 6.45) is 1.58. The van der Waals surface area contributed by atoms with Crippen LogP contribution in [0.25, 0.3) is 0 Å². The van der Waals surface area contributed by atoms with Gasteiger partial charge in [0.25, 0.3) is 0 Å². The Morgan fingerprint density at radius 3 is 2.32 bits per heavy atom. The van der Waals surface area contributed by atoms with Crippen molar-refractivity contribution < 1.29 is 8.42 Å². The van der Waals surface area contributed by atoms with Crippen molar-refractivity contribution in [2.24, 2.45) is 0 Å². The molecule has 0 saturated heterocycles. The second-order valence-corrected chi connectivity index (χ2v) is 7.81. The van der Waals surface area contributed by atoms with E-state index in [1.165, 1.54) is 0 Å². The van der Waals surface area contributed by atoms with E-state index in [0.29, 0.717) is 12.2 Å². The van der Waals surface area contributed by atoms with Crippen molar-refractivity contribution in [1.29, 1.82) is 0 Å². The fourth-order valence-electron chi connectivity index (χ4n) is 2.58. The van der Waals surface area contributed by atoms with Crippen LogP contribution in [0.3, 0.4) is 0 Å². The lowest BCUT2D eigenvalue weighted by atomic mass is 10.2. The van der Waals surface area contributed by atoms with Crippen molar-refractivity contribution >= 4 is 10.0 Å². The van der Waals surface area contributed by atoms with E-state index in [1.807, 2.05) is 61.5 Å². The van der Waals surface area contributed by atoms with Crippen LogP contribution < -0.4 is 4.72 Å². The number of aryl methyl sites for hydroxylation is 2. The smallest absolute Gasteiger partial charge is 0.244 e. The number of rotatable bonds is 6. The van der Waals surface area contributed by atoms with Crippen molar-refractivity contribution in [1.82, 2.24) is 14.5 Å². The van der Waals surface area contributed by atoms with Gasteiger partial charge in [0.1, 0.15) is 4.90 Å². The molecule has 6 heteroatoms. The van der Waals surface area contributed by atoms with Gasteiger partial charge in [0.05, 0.1) is 12.2 Å². The van der Waals surface area contributed by atoms with E-state index in [4.69, 9.17) is 0 Å². The minimum absolute atomic E-state index is 0.218. The predicted molar refractivity (Wildman–Crippen MR) is 97.7 cm³/mol. The maximum atomic E-state index is 12.6. The molecule has 0 bridgehead atoms. The van der Waals surface area contributed by atoms with Gasteiger partial charge in [-0.3, -0.25) is 4.68 Å². The first-order valence-electron chi connectivity index (χ1n) is 8.07. The van der Waals surface area contributed by atoms with Crippen LogP contribution >= 0.6 is 0 Å². The van der Waals surface area contributed by atoms with Crippen LogP contribution in [-0.2, 0) is 23.1 Å². The van der Waals surface area contributed by atoms with Crippen LogP contribution in [0.2, 0.25) is 0 Å². The molecule has 1 N–H and O–H groups in total. The number of hydrogen-bond donors (Lipinski definition) is 1. The molecule has 0 aliphatic rings. The van der Waals surface area contributed by atoms with Crippen molar-refractivity contribution in [2.45, 2.75) is 31.8 Å². The number of aromatic nitrogens is 2. The van der Waals surface area contributed by atoms with Gasteiger partial charge < -0.3 is 0 Å². The van der Waals surface area contributed by atoms with Crippen molar-refractivity contribution in [3.05, 3.63) is 83.2 Å². The Labute approximate surface area is 148 Å². The van der Waals surface area contributed by atoms with Crippen LogP contribution in [-0.4, -0.2) is 18.2 Å². The van der Waals surface area contributed by atoms with Gasteiger partial charge >= 0.3 is 0 Å². The van der Waals surface area contributed by atoms with E-state index >= 15 is 0 Å². The Kier molecular flexibility index (Phi) is 5.01. The summed E-state index contributed by atoms with van der Waals surface area (Å²) in [6, 6.07) is 17.6. The third kappa shape index (κ3) is 4.35. The topological polar surface area (TPSA) is 64.0 Å².